The fourth-order valence-corrected chi connectivity index (χ4v) is 3.66. The smallest absolute Gasteiger partial charge is 0.330 e. The van der Waals surface area contributed by atoms with Crippen LogP contribution in [0, 0.1) is 5.92 Å². The lowest BCUT2D eigenvalue weighted by atomic mass is 9.95. The molecule has 2 unspecified atom stereocenters. The van der Waals surface area contributed by atoms with Crippen LogP contribution in [0.15, 0.2) is 36.4 Å². The van der Waals surface area contributed by atoms with Gasteiger partial charge >= 0.3 is 5.97 Å². The molecular weight excluding hydrogens is 370 g/mol. The molecule has 6 nitrogen and oxygen atoms in total. The summed E-state index contributed by atoms with van der Waals surface area (Å²) >= 11 is 6.01. The standard InChI is InChI=1S/C20H18ClNO5/c21-15-2-4-17-13(9-15)8-14(10-27-17)19(23)22-18(20(24)25)12-1-3-16-11(7-12)5-6-26-16/h1-4,7,9,14,18H,5-6,8,10H2,(H,22,23)(H,24,25). The molecule has 0 spiro atoms. The van der Waals surface area contributed by atoms with Crippen LogP contribution >= 0.6 is 11.6 Å². The van der Waals surface area contributed by atoms with Crippen LogP contribution in [0.3, 0.4) is 0 Å². The van der Waals surface area contributed by atoms with Gasteiger partial charge in [-0.05, 0) is 53.4 Å². The van der Waals surface area contributed by atoms with Crippen molar-refractivity contribution >= 4 is 23.5 Å². The van der Waals surface area contributed by atoms with Crippen LogP contribution < -0.4 is 14.8 Å². The van der Waals surface area contributed by atoms with Crippen LogP contribution in [0.4, 0.5) is 0 Å². The zero-order valence-electron chi connectivity index (χ0n) is 14.4. The molecule has 2 heterocycles. The summed E-state index contributed by atoms with van der Waals surface area (Å²) in [7, 11) is 0. The number of carbonyl (C=O) groups is 2. The van der Waals surface area contributed by atoms with Crippen molar-refractivity contribution in [2.24, 2.45) is 5.92 Å². The molecule has 4 rings (SSSR count). The molecule has 0 saturated carbocycles. The molecule has 0 saturated heterocycles. The first-order chi connectivity index (χ1) is 13.0. The van der Waals surface area contributed by atoms with E-state index in [0.29, 0.717) is 29.4 Å². The Morgan fingerprint density at radius 1 is 1.11 bits per heavy atom. The Kier molecular flexibility index (Phi) is 4.66. The number of carbonyl (C=O) groups excluding carboxylic acids is 1. The van der Waals surface area contributed by atoms with E-state index in [9.17, 15) is 14.7 Å². The molecule has 7 heteroatoms. The zero-order chi connectivity index (χ0) is 19.0. The second-order valence-corrected chi connectivity index (χ2v) is 7.15. The topological polar surface area (TPSA) is 84.9 Å². The average Bonchev–Trinajstić information content (AvgIpc) is 3.12. The van der Waals surface area contributed by atoms with Gasteiger partial charge in [0.1, 0.15) is 18.1 Å². The number of ether oxygens (including phenoxy) is 2. The largest absolute Gasteiger partial charge is 0.493 e. The van der Waals surface area contributed by atoms with E-state index in [1.54, 1.807) is 36.4 Å². The summed E-state index contributed by atoms with van der Waals surface area (Å²) in [4.78, 5) is 24.5. The third-order valence-electron chi connectivity index (χ3n) is 4.88. The highest BCUT2D eigenvalue weighted by Gasteiger charge is 2.31. The maximum Gasteiger partial charge on any atom is 0.330 e. The third-order valence-corrected chi connectivity index (χ3v) is 5.12. The van der Waals surface area contributed by atoms with Crippen molar-refractivity contribution in [1.82, 2.24) is 5.32 Å². The van der Waals surface area contributed by atoms with Gasteiger partial charge in [0.25, 0.3) is 0 Å². The third kappa shape index (κ3) is 3.57. The minimum absolute atomic E-state index is 0.199. The number of nitrogens with one attached hydrogen (secondary N) is 1. The van der Waals surface area contributed by atoms with Crippen LogP contribution in [0.2, 0.25) is 5.02 Å². The number of carboxylic acids is 1. The first-order valence-electron chi connectivity index (χ1n) is 8.71. The summed E-state index contributed by atoms with van der Waals surface area (Å²) in [6.45, 7) is 0.787. The van der Waals surface area contributed by atoms with Gasteiger partial charge in [0, 0.05) is 11.4 Å². The number of amides is 1. The summed E-state index contributed by atoms with van der Waals surface area (Å²) < 4.78 is 11.1. The molecule has 1 amide bonds. The van der Waals surface area contributed by atoms with Crippen LogP contribution in [0.1, 0.15) is 22.7 Å². The zero-order valence-corrected chi connectivity index (χ0v) is 15.2. The minimum atomic E-state index is -1.12. The SMILES string of the molecule is O=C(NC(C(=O)O)c1ccc2c(c1)CCO2)C1COc2ccc(Cl)cc2C1. The lowest BCUT2D eigenvalue weighted by molar-refractivity contribution is -0.143. The molecule has 0 radical (unpaired) electrons. The molecule has 140 valence electrons. The summed E-state index contributed by atoms with van der Waals surface area (Å²) in [5.41, 5.74) is 2.33. The Labute approximate surface area is 161 Å². The van der Waals surface area contributed by atoms with Gasteiger partial charge in [0.05, 0.1) is 12.5 Å². The number of benzene rings is 2. The molecule has 2 aliphatic heterocycles. The molecule has 0 bridgehead atoms. The molecule has 2 N–H and O–H groups in total. The number of rotatable bonds is 4. The highest BCUT2D eigenvalue weighted by molar-refractivity contribution is 6.30. The second kappa shape index (κ2) is 7.12. The van der Waals surface area contributed by atoms with Gasteiger partial charge in [-0.3, -0.25) is 4.79 Å². The minimum Gasteiger partial charge on any atom is -0.493 e. The second-order valence-electron chi connectivity index (χ2n) is 6.71. The molecule has 0 fully saturated rings. The molecule has 2 aromatic rings. The predicted molar refractivity (Wildman–Crippen MR) is 98.3 cm³/mol. The molecule has 0 aliphatic carbocycles. The van der Waals surface area contributed by atoms with Crippen LogP contribution in [0.5, 0.6) is 11.5 Å². The molecular formula is C20H18ClNO5. The van der Waals surface area contributed by atoms with Gasteiger partial charge in [0.2, 0.25) is 5.91 Å². The summed E-state index contributed by atoms with van der Waals surface area (Å²) in [5.74, 6) is -0.469. The van der Waals surface area contributed by atoms with Gasteiger partial charge in [-0.2, -0.15) is 0 Å². The maximum absolute atomic E-state index is 12.7. The van der Waals surface area contributed by atoms with Crippen LogP contribution in [0.25, 0.3) is 0 Å². The van der Waals surface area contributed by atoms with E-state index in [-0.39, 0.29) is 12.5 Å². The Morgan fingerprint density at radius 2 is 1.89 bits per heavy atom. The van der Waals surface area contributed by atoms with Gasteiger partial charge in [-0.25, -0.2) is 4.79 Å². The van der Waals surface area contributed by atoms with E-state index >= 15 is 0 Å². The van der Waals surface area contributed by atoms with Crippen LogP contribution in [-0.2, 0) is 22.4 Å². The van der Waals surface area contributed by atoms with E-state index in [1.165, 1.54) is 0 Å². The summed E-state index contributed by atoms with van der Waals surface area (Å²) in [6.07, 6.45) is 1.18. The van der Waals surface area contributed by atoms with E-state index in [2.05, 4.69) is 5.32 Å². The molecule has 2 aromatic carbocycles. The number of aliphatic carboxylic acids is 1. The Hall–Kier alpha value is -2.73. The molecule has 0 aromatic heterocycles. The number of halogens is 1. The van der Waals surface area contributed by atoms with Crippen molar-refractivity contribution in [1.29, 1.82) is 0 Å². The Morgan fingerprint density at radius 3 is 2.70 bits per heavy atom. The van der Waals surface area contributed by atoms with Gasteiger partial charge < -0.3 is 19.9 Å². The highest BCUT2D eigenvalue weighted by atomic mass is 35.5. The monoisotopic (exact) mass is 387 g/mol. The number of carboxylic acid groups (broad SMARTS) is 1. The number of hydrogen-bond donors (Lipinski definition) is 2. The highest BCUT2D eigenvalue weighted by Crippen LogP contribution is 2.31. The lowest BCUT2D eigenvalue weighted by Crippen LogP contribution is -2.41. The first-order valence-corrected chi connectivity index (χ1v) is 9.09. The molecule has 2 atom stereocenters. The Balaban J connectivity index is 1.51. The van der Waals surface area contributed by atoms with Gasteiger partial charge in [0.15, 0.2) is 6.04 Å². The maximum atomic E-state index is 12.7. The number of fused-ring (bicyclic) bond motifs is 2. The van der Waals surface area contributed by atoms with E-state index in [4.69, 9.17) is 21.1 Å². The first kappa shape index (κ1) is 17.7. The summed E-state index contributed by atoms with van der Waals surface area (Å²) in [6, 6.07) is 9.37. The summed E-state index contributed by atoms with van der Waals surface area (Å²) in [5, 5.41) is 12.8. The number of hydrogen-bond acceptors (Lipinski definition) is 4. The molecule has 27 heavy (non-hydrogen) atoms. The van der Waals surface area contributed by atoms with Crippen molar-refractivity contribution in [3.63, 3.8) is 0 Å². The van der Waals surface area contributed by atoms with Crippen molar-refractivity contribution in [2.45, 2.75) is 18.9 Å². The van der Waals surface area contributed by atoms with Gasteiger partial charge in [-0.1, -0.05) is 17.7 Å². The lowest BCUT2D eigenvalue weighted by Gasteiger charge is -2.26. The quantitative estimate of drug-likeness (QED) is 0.842. The normalized spacial score (nSPS) is 18.5. The van der Waals surface area contributed by atoms with Crippen molar-refractivity contribution in [2.75, 3.05) is 13.2 Å². The Bertz CT molecular complexity index is 913. The van der Waals surface area contributed by atoms with E-state index in [0.717, 1.165) is 23.3 Å². The van der Waals surface area contributed by atoms with Crippen molar-refractivity contribution < 1.29 is 24.2 Å². The molecule has 2 aliphatic rings. The average molecular weight is 388 g/mol. The van der Waals surface area contributed by atoms with Crippen molar-refractivity contribution in [3.8, 4) is 11.5 Å². The fourth-order valence-electron chi connectivity index (χ4n) is 3.47. The van der Waals surface area contributed by atoms with Gasteiger partial charge in [-0.15, -0.1) is 0 Å². The van der Waals surface area contributed by atoms with Crippen LogP contribution in [-0.4, -0.2) is 30.2 Å². The van der Waals surface area contributed by atoms with E-state index in [1.807, 2.05) is 0 Å². The van der Waals surface area contributed by atoms with Crippen molar-refractivity contribution in [3.05, 3.63) is 58.1 Å². The predicted octanol–water partition coefficient (Wildman–Crippen LogP) is 2.77. The fraction of sp³-hybridized carbons (Fsp3) is 0.300. The van der Waals surface area contributed by atoms with E-state index < -0.39 is 17.9 Å².